The third-order valence-corrected chi connectivity index (χ3v) is 7.02. The van der Waals surface area contributed by atoms with Crippen molar-refractivity contribution in [1.82, 2.24) is 15.0 Å². The number of ether oxygens (including phenoxy) is 1. The maximum atomic E-state index is 5.24. The van der Waals surface area contributed by atoms with Crippen molar-refractivity contribution >= 4 is 43.8 Å². The standard InChI is InChI=1S/C25H22N4OS2/c1-15(2)16-4-6-17(7-5-16)20-12-31-24-22(20)23(26-14-27-24)29-25-28-21(13-32-25)18-8-10-19(30-3)11-9-18/h4-15H,1-3H3,(H,26,27,28,29). The van der Waals surface area contributed by atoms with Crippen molar-refractivity contribution < 1.29 is 4.74 Å². The van der Waals surface area contributed by atoms with E-state index in [1.54, 1.807) is 36.1 Å². The second-order valence-corrected chi connectivity index (χ2v) is 9.44. The predicted octanol–water partition coefficient (Wildman–Crippen LogP) is 7.36. The Kier molecular flexibility index (Phi) is 5.59. The monoisotopic (exact) mass is 458 g/mol. The van der Waals surface area contributed by atoms with Crippen LogP contribution in [0.4, 0.5) is 10.9 Å². The molecule has 0 spiro atoms. The number of anilines is 2. The Hall–Kier alpha value is -3.29. The lowest BCUT2D eigenvalue weighted by molar-refractivity contribution is 0.415. The van der Waals surface area contributed by atoms with Crippen LogP contribution in [0.2, 0.25) is 0 Å². The summed E-state index contributed by atoms with van der Waals surface area (Å²) in [6.45, 7) is 4.41. The molecule has 0 saturated heterocycles. The van der Waals surface area contributed by atoms with E-state index in [0.717, 1.165) is 49.3 Å². The fourth-order valence-electron chi connectivity index (χ4n) is 3.56. The second kappa shape index (κ2) is 8.68. The van der Waals surface area contributed by atoms with Gasteiger partial charge in [-0.15, -0.1) is 22.7 Å². The molecule has 0 fully saturated rings. The average Bonchev–Trinajstić information content (AvgIpc) is 3.47. The lowest BCUT2D eigenvalue weighted by atomic mass is 9.99. The molecule has 0 unspecified atom stereocenters. The van der Waals surface area contributed by atoms with Crippen molar-refractivity contribution in [2.75, 3.05) is 12.4 Å². The number of thiophene rings is 1. The first kappa shape index (κ1) is 20.6. The van der Waals surface area contributed by atoms with Crippen LogP contribution in [0.15, 0.2) is 65.6 Å². The maximum absolute atomic E-state index is 5.24. The molecule has 1 N–H and O–H groups in total. The van der Waals surface area contributed by atoms with Gasteiger partial charge in [-0.25, -0.2) is 15.0 Å². The fourth-order valence-corrected chi connectivity index (χ4v) is 5.19. The van der Waals surface area contributed by atoms with Crippen LogP contribution >= 0.6 is 22.7 Å². The van der Waals surface area contributed by atoms with Gasteiger partial charge in [-0.2, -0.15) is 0 Å². The molecule has 3 heterocycles. The van der Waals surface area contributed by atoms with E-state index in [-0.39, 0.29) is 0 Å². The molecule has 2 aromatic carbocycles. The van der Waals surface area contributed by atoms with Crippen LogP contribution in [-0.4, -0.2) is 22.1 Å². The van der Waals surface area contributed by atoms with Crippen LogP contribution in [0.5, 0.6) is 5.75 Å². The lowest BCUT2D eigenvalue weighted by Crippen LogP contribution is -1.95. The van der Waals surface area contributed by atoms with Gasteiger partial charge in [0.25, 0.3) is 0 Å². The molecule has 32 heavy (non-hydrogen) atoms. The summed E-state index contributed by atoms with van der Waals surface area (Å²) in [7, 11) is 1.67. The molecule has 160 valence electrons. The van der Waals surface area contributed by atoms with Gasteiger partial charge in [-0.1, -0.05) is 38.1 Å². The van der Waals surface area contributed by atoms with Gasteiger partial charge in [0.05, 0.1) is 18.2 Å². The molecule has 5 rings (SSSR count). The van der Waals surface area contributed by atoms with Crippen molar-refractivity contribution in [1.29, 1.82) is 0 Å². The largest absolute Gasteiger partial charge is 0.497 e. The van der Waals surface area contributed by atoms with Crippen LogP contribution < -0.4 is 10.1 Å². The molecule has 0 amide bonds. The van der Waals surface area contributed by atoms with E-state index in [1.807, 2.05) is 29.6 Å². The summed E-state index contributed by atoms with van der Waals surface area (Å²) < 4.78 is 5.24. The molecule has 5 aromatic rings. The molecule has 0 saturated carbocycles. The molecule has 0 bridgehead atoms. The summed E-state index contributed by atoms with van der Waals surface area (Å²) in [5.74, 6) is 2.11. The highest BCUT2D eigenvalue weighted by Crippen LogP contribution is 2.38. The zero-order valence-corrected chi connectivity index (χ0v) is 19.6. The van der Waals surface area contributed by atoms with Crippen LogP contribution in [0, 0.1) is 0 Å². The van der Waals surface area contributed by atoms with Crippen LogP contribution in [-0.2, 0) is 0 Å². The average molecular weight is 459 g/mol. The van der Waals surface area contributed by atoms with E-state index in [4.69, 9.17) is 9.72 Å². The molecule has 0 aliphatic carbocycles. The van der Waals surface area contributed by atoms with Crippen molar-refractivity contribution in [2.24, 2.45) is 0 Å². The van der Waals surface area contributed by atoms with Gasteiger partial charge in [-0.05, 0) is 41.3 Å². The van der Waals surface area contributed by atoms with Crippen molar-refractivity contribution in [2.45, 2.75) is 19.8 Å². The number of thiazole rings is 1. The summed E-state index contributed by atoms with van der Waals surface area (Å²) in [4.78, 5) is 14.8. The number of nitrogens with zero attached hydrogens (tertiary/aromatic N) is 3. The summed E-state index contributed by atoms with van der Waals surface area (Å²) in [5, 5.41) is 9.44. The Morgan fingerprint density at radius 1 is 0.875 bits per heavy atom. The quantitative estimate of drug-likeness (QED) is 0.288. The highest BCUT2D eigenvalue weighted by molar-refractivity contribution is 7.17. The molecule has 0 radical (unpaired) electrons. The smallest absolute Gasteiger partial charge is 0.188 e. The third kappa shape index (κ3) is 3.97. The third-order valence-electron chi connectivity index (χ3n) is 5.37. The minimum absolute atomic E-state index is 0.508. The fraction of sp³-hybridized carbons (Fsp3) is 0.160. The zero-order valence-electron chi connectivity index (χ0n) is 18.0. The van der Waals surface area contributed by atoms with Gasteiger partial charge in [0, 0.05) is 21.9 Å². The summed E-state index contributed by atoms with van der Waals surface area (Å²) >= 11 is 3.19. The Morgan fingerprint density at radius 3 is 2.34 bits per heavy atom. The minimum atomic E-state index is 0.508. The van der Waals surface area contributed by atoms with Crippen molar-refractivity contribution in [3.05, 3.63) is 71.2 Å². The van der Waals surface area contributed by atoms with Crippen LogP contribution in [0.1, 0.15) is 25.3 Å². The van der Waals surface area contributed by atoms with E-state index >= 15 is 0 Å². The summed E-state index contributed by atoms with van der Waals surface area (Å²) in [6.07, 6.45) is 1.60. The van der Waals surface area contributed by atoms with Gasteiger partial charge in [0.1, 0.15) is 22.7 Å². The van der Waals surface area contributed by atoms with Crippen LogP contribution in [0.3, 0.4) is 0 Å². The van der Waals surface area contributed by atoms with Gasteiger partial charge < -0.3 is 10.1 Å². The van der Waals surface area contributed by atoms with E-state index in [2.05, 4.69) is 58.8 Å². The van der Waals surface area contributed by atoms with Gasteiger partial charge in [-0.3, -0.25) is 0 Å². The van der Waals surface area contributed by atoms with Crippen molar-refractivity contribution in [3.8, 4) is 28.1 Å². The van der Waals surface area contributed by atoms with Gasteiger partial charge in [0.15, 0.2) is 5.13 Å². The molecule has 0 aliphatic heterocycles. The predicted molar refractivity (Wildman–Crippen MR) is 134 cm³/mol. The Morgan fingerprint density at radius 2 is 1.62 bits per heavy atom. The lowest BCUT2D eigenvalue weighted by Gasteiger charge is -2.08. The number of fused-ring (bicyclic) bond motifs is 1. The molecule has 0 atom stereocenters. The molecular weight excluding hydrogens is 436 g/mol. The summed E-state index contributed by atoms with van der Waals surface area (Å²) in [5.41, 5.74) is 5.59. The van der Waals surface area contributed by atoms with Crippen molar-refractivity contribution in [3.63, 3.8) is 0 Å². The molecule has 7 heteroatoms. The SMILES string of the molecule is COc1ccc(-c2csc(Nc3ncnc4scc(-c5ccc(C(C)C)cc5)c34)n2)cc1. The first-order chi connectivity index (χ1) is 15.6. The number of hydrogen-bond acceptors (Lipinski definition) is 7. The van der Waals surface area contributed by atoms with E-state index in [1.165, 1.54) is 5.56 Å². The highest BCUT2D eigenvalue weighted by Gasteiger charge is 2.15. The van der Waals surface area contributed by atoms with Crippen LogP contribution in [0.25, 0.3) is 32.6 Å². The van der Waals surface area contributed by atoms with Gasteiger partial charge >= 0.3 is 0 Å². The zero-order chi connectivity index (χ0) is 22.1. The Bertz CT molecular complexity index is 1360. The maximum Gasteiger partial charge on any atom is 0.188 e. The van der Waals surface area contributed by atoms with Gasteiger partial charge in [0.2, 0.25) is 0 Å². The van der Waals surface area contributed by atoms with E-state index in [9.17, 15) is 0 Å². The number of benzene rings is 2. The number of methoxy groups -OCH3 is 1. The highest BCUT2D eigenvalue weighted by atomic mass is 32.1. The normalized spacial score (nSPS) is 11.2. The second-order valence-electron chi connectivity index (χ2n) is 7.72. The Balaban J connectivity index is 1.47. The summed E-state index contributed by atoms with van der Waals surface area (Å²) in [6, 6.07) is 16.7. The van der Waals surface area contributed by atoms with E-state index in [0.29, 0.717) is 5.92 Å². The first-order valence-electron chi connectivity index (χ1n) is 10.3. The molecule has 3 aromatic heterocycles. The number of rotatable bonds is 6. The van der Waals surface area contributed by atoms with E-state index < -0.39 is 0 Å². The number of hydrogen-bond donors (Lipinski definition) is 1. The molecular formula is C25H22N4OS2. The first-order valence-corrected chi connectivity index (χ1v) is 12.1. The molecule has 5 nitrogen and oxygen atoms in total. The number of aromatic nitrogens is 3. The minimum Gasteiger partial charge on any atom is -0.497 e. The molecule has 0 aliphatic rings. The topological polar surface area (TPSA) is 59.9 Å². The Labute approximate surface area is 194 Å². The number of nitrogens with one attached hydrogen (secondary N) is 1.